The Kier molecular flexibility index (Phi) is 19.8. The zero-order valence-corrected chi connectivity index (χ0v) is 17.5. The van der Waals surface area contributed by atoms with E-state index in [1.54, 1.807) is 0 Å². The Bertz CT molecular complexity index is 331. The molecule has 0 saturated carbocycles. The fourth-order valence-corrected chi connectivity index (χ4v) is 2.44. The molecule has 0 aliphatic rings. The second-order valence-corrected chi connectivity index (χ2v) is 6.85. The fourth-order valence-electron chi connectivity index (χ4n) is 2.44. The Morgan fingerprint density at radius 1 is 0.654 bits per heavy atom. The predicted molar refractivity (Wildman–Crippen MR) is 112 cm³/mol. The van der Waals surface area contributed by atoms with Gasteiger partial charge in [-0.1, -0.05) is 65.0 Å². The molecule has 0 saturated heterocycles. The smallest absolute Gasteiger partial charge is 0.0701 e. The Hall–Kier alpha value is -0.840. The van der Waals surface area contributed by atoms with E-state index in [0.717, 1.165) is 37.4 Å². The number of allylic oxidation sites excluding steroid dienone is 1. The fraction of sp³-hybridized carbons (Fsp3) is 0.818. The molecule has 1 N–H and O–H groups in total. The van der Waals surface area contributed by atoms with Crippen molar-refractivity contribution in [2.75, 3.05) is 46.2 Å². The topological polar surface area (TPSA) is 39.7 Å². The standard InChI is InChI=1S/C22H43NO3/c1-5-6-7-8-9-10-11-12-15-24-17-19-26-20-18-25-16-13-14-23-22(4)21(2)3/h23H,2,4-20H2,1,3H3. The third kappa shape index (κ3) is 19.5. The molecule has 26 heavy (non-hydrogen) atoms. The van der Waals surface area contributed by atoms with Gasteiger partial charge in [-0.15, -0.1) is 0 Å². The first-order chi connectivity index (χ1) is 12.7. The summed E-state index contributed by atoms with van der Waals surface area (Å²) in [4.78, 5) is 0. The van der Waals surface area contributed by atoms with Crippen LogP contribution >= 0.6 is 0 Å². The molecule has 0 aromatic carbocycles. The molecule has 0 aromatic rings. The van der Waals surface area contributed by atoms with E-state index in [2.05, 4.69) is 25.4 Å². The lowest BCUT2D eigenvalue weighted by molar-refractivity contribution is 0.0136. The molecule has 0 heterocycles. The molecule has 0 unspecified atom stereocenters. The summed E-state index contributed by atoms with van der Waals surface area (Å²) in [5.41, 5.74) is 1.88. The molecule has 0 aliphatic carbocycles. The van der Waals surface area contributed by atoms with E-state index in [9.17, 15) is 0 Å². The van der Waals surface area contributed by atoms with E-state index in [1.165, 1.54) is 51.4 Å². The van der Waals surface area contributed by atoms with Crippen LogP contribution in [0.5, 0.6) is 0 Å². The molecule has 0 atom stereocenters. The first kappa shape index (κ1) is 25.2. The quantitative estimate of drug-likeness (QED) is 0.222. The van der Waals surface area contributed by atoms with Crippen LogP contribution in [0.4, 0.5) is 0 Å². The molecular weight excluding hydrogens is 326 g/mol. The highest BCUT2D eigenvalue weighted by Gasteiger charge is 1.95. The van der Waals surface area contributed by atoms with Crippen molar-refractivity contribution in [2.24, 2.45) is 0 Å². The van der Waals surface area contributed by atoms with Crippen LogP contribution < -0.4 is 5.32 Å². The maximum absolute atomic E-state index is 5.59. The van der Waals surface area contributed by atoms with E-state index >= 15 is 0 Å². The number of nitrogens with one attached hydrogen (secondary N) is 1. The van der Waals surface area contributed by atoms with Gasteiger partial charge in [0, 0.05) is 25.5 Å². The minimum atomic E-state index is 0.632. The minimum Gasteiger partial charge on any atom is -0.385 e. The van der Waals surface area contributed by atoms with E-state index in [-0.39, 0.29) is 0 Å². The van der Waals surface area contributed by atoms with Gasteiger partial charge in [-0.2, -0.15) is 0 Å². The van der Waals surface area contributed by atoms with E-state index < -0.39 is 0 Å². The summed E-state index contributed by atoms with van der Waals surface area (Å²) in [5.74, 6) is 0. The van der Waals surface area contributed by atoms with Gasteiger partial charge in [-0.3, -0.25) is 0 Å². The average Bonchev–Trinajstić information content (AvgIpc) is 2.63. The van der Waals surface area contributed by atoms with Crippen LogP contribution in [0.3, 0.4) is 0 Å². The molecule has 0 amide bonds. The van der Waals surface area contributed by atoms with Crippen LogP contribution in [-0.2, 0) is 14.2 Å². The summed E-state index contributed by atoms with van der Waals surface area (Å²) in [6.45, 7) is 17.0. The van der Waals surface area contributed by atoms with Crippen molar-refractivity contribution in [3.05, 3.63) is 24.4 Å². The summed E-state index contributed by atoms with van der Waals surface area (Å²) < 4.78 is 16.6. The van der Waals surface area contributed by atoms with Crippen molar-refractivity contribution in [1.29, 1.82) is 0 Å². The molecular formula is C22H43NO3. The Labute approximate surface area is 162 Å². The van der Waals surface area contributed by atoms with Crippen LogP contribution in [0.25, 0.3) is 0 Å². The van der Waals surface area contributed by atoms with Gasteiger partial charge in [0.2, 0.25) is 0 Å². The second kappa shape index (κ2) is 20.5. The lowest BCUT2D eigenvalue weighted by atomic mass is 10.1. The van der Waals surface area contributed by atoms with Crippen molar-refractivity contribution < 1.29 is 14.2 Å². The van der Waals surface area contributed by atoms with Gasteiger partial charge in [-0.25, -0.2) is 0 Å². The van der Waals surface area contributed by atoms with Gasteiger partial charge in [0.1, 0.15) is 0 Å². The summed E-state index contributed by atoms with van der Waals surface area (Å²) in [6, 6.07) is 0. The van der Waals surface area contributed by atoms with Crippen molar-refractivity contribution in [3.63, 3.8) is 0 Å². The SMILES string of the molecule is C=C(C)C(=C)NCCCOCCOCCOCCCCCCCCCC. The highest BCUT2D eigenvalue weighted by atomic mass is 16.5. The highest BCUT2D eigenvalue weighted by molar-refractivity contribution is 5.20. The van der Waals surface area contributed by atoms with Crippen LogP contribution in [0, 0.1) is 0 Å². The normalized spacial score (nSPS) is 10.8. The summed E-state index contributed by atoms with van der Waals surface area (Å²) in [6.07, 6.45) is 11.6. The van der Waals surface area contributed by atoms with Crippen LogP contribution in [0.15, 0.2) is 24.4 Å². The Morgan fingerprint density at radius 3 is 1.65 bits per heavy atom. The summed E-state index contributed by atoms with van der Waals surface area (Å²) >= 11 is 0. The molecule has 0 aliphatic heterocycles. The van der Waals surface area contributed by atoms with Crippen molar-refractivity contribution >= 4 is 0 Å². The Morgan fingerprint density at radius 2 is 1.12 bits per heavy atom. The van der Waals surface area contributed by atoms with Crippen LogP contribution in [0.2, 0.25) is 0 Å². The lowest BCUT2D eigenvalue weighted by Gasteiger charge is -2.09. The van der Waals surface area contributed by atoms with Gasteiger partial charge in [-0.05, 0) is 25.3 Å². The van der Waals surface area contributed by atoms with Crippen molar-refractivity contribution in [2.45, 2.75) is 71.6 Å². The zero-order valence-electron chi connectivity index (χ0n) is 17.5. The first-order valence-corrected chi connectivity index (χ1v) is 10.5. The van der Waals surface area contributed by atoms with Crippen molar-refractivity contribution in [3.8, 4) is 0 Å². The molecule has 0 aromatic heterocycles. The zero-order chi connectivity index (χ0) is 19.3. The van der Waals surface area contributed by atoms with E-state index in [0.29, 0.717) is 26.4 Å². The molecule has 0 bridgehead atoms. The summed E-state index contributed by atoms with van der Waals surface area (Å²) in [7, 11) is 0. The third-order valence-electron chi connectivity index (χ3n) is 4.21. The van der Waals surface area contributed by atoms with Gasteiger partial charge in [0.05, 0.1) is 26.4 Å². The maximum atomic E-state index is 5.59. The van der Waals surface area contributed by atoms with Crippen molar-refractivity contribution in [1.82, 2.24) is 5.32 Å². The molecule has 0 spiro atoms. The number of hydrogen-bond donors (Lipinski definition) is 1. The molecule has 154 valence electrons. The number of rotatable bonds is 21. The lowest BCUT2D eigenvalue weighted by Crippen LogP contribution is -2.17. The average molecular weight is 370 g/mol. The molecule has 0 rings (SSSR count). The molecule has 0 fully saturated rings. The third-order valence-corrected chi connectivity index (χ3v) is 4.21. The Balaban J connectivity index is 3.05. The maximum Gasteiger partial charge on any atom is 0.0701 e. The molecule has 4 nitrogen and oxygen atoms in total. The monoisotopic (exact) mass is 369 g/mol. The van der Waals surface area contributed by atoms with Crippen LogP contribution in [-0.4, -0.2) is 46.2 Å². The van der Waals surface area contributed by atoms with Gasteiger partial charge < -0.3 is 19.5 Å². The number of hydrogen-bond acceptors (Lipinski definition) is 4. The predicted octanol–water partition coefficient (Wildman–Crippen LogP) is 5.25. The van der Waals surface area contributed by atoms with Gasteiger partial charge in [0.25, 0.3) is 0 Å². The summed E-state index contributed by atoms with van der Waals surface area (Å²) in [5, 5.41) is 3.21. The number of unbranched alkanes of at least 4 members (excludes halogenated alkanes) is 7. The second-order valence-electron chi connectivity index (χ2n) is 6.85. The van der Waals surface area contributed by atoms with Crippen LogP contribution in [0.1, 0.15) is 71.6 Å². The molecule has 0 radical (unpaired) electrons. The van der Waals surface area contributed by atoms with E-state index in [1.807, 2.05) is 6.92 Å². The number of ether oxygens (including phenoxy) is 3. The highest BCUT2D eigenvalue weighted by Crippen LogP contribution is 2.08. The van der Waals surface area contributed by atoms with Gasteiger partial charge in [0.15, 0.2) is 0 Å². The van der Waals surface area contributed by atoms with E-state index in [4.69, 9.17) is 14.2 Å². The van der Waals surface area contributed by atoms with Gasteiger partial charge >= 0.3 is 0 Å². The first-order valence-electron chi connectivity index (χ1n) is 10.5. The minimum absolute atomic E-state index is 0.632. The largest absolute Gasteiger partial charge is 0.385 e. The molecule has 4 heteroatoms.